The van der Waals surface area contributed by atoms with Crippen molar-refractivity contribution >= 4 is 92.1 Å². The molecular weight excluding hydrogens is 957 g/mol. The van der Waals surface area contributed by atoms with E-state index in [1.54, 1.807) is 11.3 Å². The van der Waals surface area contributed by atoms with Gasteiger partial charge in [0.05, 0.1) is 16.7 Å². The Morgan fingerprint density at radius 1 is 0.390 bits per heavy atom. The summed E-state index contributed by atoms with van der Waals surface area (Å²) in [6, 6.07) is 82.9. The molecule has 0 amide bonds. The molecule has 4 aromatic heterocycles. The summed E-state index contributed by atoms with van der Waals surface area (Å²) in [6.45, 7) is 0. The molecule has 0 spiro atoms. The Kier molecular flexibility index (Phi) is 9.87. The molecule has 0 saturated carbocycles. The van der Waals surface area contributed by atoms with Gasteiger partial charge in [0.15, 0.2) is 17.5 Å². The lowest BCUT2D eigenvalue weighted by molar-refractivity contribution is 0.668. The normalized spacial score (nSPS) is 12.5. The first-order chi connectivity index (χ1) is 38.1. The highest BCUT2D eigenvalue weighted by molar-refractivity contribution is 7.25. The Balaban J connectivity index is 0.944. The molecule has 4 heterocycles. The van der Waals surface area contributed by atoms with Crippen molar-refractivity contribution in [3.05, 3.63) is 248 Å². The molecule has 1 aliphatic rings. The molecule has 360 valence electrons. The minimum Gasteiger partial charge on any atom is -0.456 e. The predicted octanol–water partition coefficient (Wildman–Crippen LogP) is 19.4. The minimum atomic E-state index is 0.575. The molecule has 0 aliphatic heterocycles. The van der Waals surface area contributed by atoms with Crippen LogP contribution in [0.5, 0.6) is 0 Å². The molecule has 11 aromatic carbocycles. The summed E-state index contributed by atoms with van der Waals surface area (Å²) < 4.78 is 12.0. The monoisotopic (exact) mass is 1000 g/mol. The van der Waals surface area contributed by atoms with Crippen molar-refractivity contribution in [2.24, 2.45) is 0 Å². The third-order valence-corrected chi connectivity index (χ3v) is 16.9. The Morgan fingerprint density at radius 2 is 1.04 bits per heavy atom. The average molecular weight is 1000 g/mol. The fourth-order valence-electron chi connectivity index (χ4n) is 12.0. The van der Waals surface area contributed by atoms with Crippen LogP contribution in [0.25, 0.3) is 154 Å². The van der Waals surface area contributed by atoms with E-state index in [1.807, 2.05) is 6.07 Å². The highest BCUT2D eigenvalue weighted by Gasteiger charge is 2.24. The molecule has 6 heteroatoms. The van der Waals surface area contributed by atoms with Crippen LogP contribution in [0.15, 0.2) is 241 Å². The van der Waals surface area contributed by atoms with E-state index >= 15 is 0 Å². The topological polar surface area (TPSA) is 56.7 Å². The van der Waals surface area contributed by atoms with Crippen LogP contribution in [-0.4, -0.2) is 19.5 Å². The van der Waals surface area contributed by atoms with E-state index in [9.17, 15) is 0 Å². The number of aromatic nitrogens is 4. The molecule has 0 unspecified atom stereocenters. The third kappa shape index (κ3) is 7.17. The number of fused-ring (bicyclic) bond motifs is 12. The second-order valence-electron chi connectivity index (χ2n) is 20.2. The molecule has 0 atom stereocenters. The number of allylic oxidation sites excluding steroid dienone is 1. The largest absolute Gasteiger partial charge is 0.456 e. The van der Waals surface area contributed by atoms with Crippen molar-refractivity contribution in [2.45, 2.75) is 12.8 Å². The van der Waals surface area contributed by atoms with Gasteiger partial charge in [0.2, 0.25) is 0 Å². The van der Waals surface area contributed by atoms with Crippen molar-refractivity contribution in [1.82, 2.24) is 19.5 Å². The third-order valence-electron chi connectivity index (χ3n) is 15.7. The molecule has 15 aromatic rings. The maximum absolute atomic E-state index is 7.08. The molecule has 5 nitrogen and oxygen atoms in total. The maximum Gasteiger partial charge on any atom is 0.164 e. The van der Waals surface area contributed by atoms with Crippen molar-refractivity contribution in [2.75, 3.05) is 0 Å². The summed E-state index contributed by atoms with van der Waals surface area (Å²) in [4.78, 5) is 16.1. The summed E-state index contributed by atoms with van der Waals surface area (Å²) in [5.74, 6) is 1.78. The number of benzene rings is 11. The lowest BCUT2D eigenvalue weighted by atomic mass is 9.94. The first-order valence-corrected chi connectivity index (χ1v) is 27.1. The van der Waals surface area contributed by atoms with Gasteiger partial charge in [-0.2, -0.15) is 0 Å². The average Bonchev–Trinajstić information content (AvgIpc) is 4.26. The van der Waals surface area contributed by atoms with Gasteiger partial charge in [-0.25, -0.2) is 15.0 Å². The van der Waals surface area contributed by atoms with Gasteiger partial charge < -0.3 is 8.98 Å². The van der Waals surface area contributed by atoms with Crippen molar-refractivity contribution in [1.29, 1.82) is 0 Å². The second-order valence-corrected chi connectivity index (χ2v) is 21.3. The van der Waals surface area contributed by atoms with Crippen LogP contribution in [0.3, 0.4) is 0 Å². The molecule has 0 N–H and O–H groups in total. The Bertz CT molecular complexity index is 4890. The van der Waals surface area contributed by atoms with Crippen LogP contribution >= 0.6 is 11.3 Å². The van der Waals surface area contributed by atoms with Gasteiger partial charge in [0, 0.05) is 70.0 Å². The van der Waals surface area contributed by atoms with E-state index in [-0.39, 0.29) is 0 Å². The standard InChI is InChI=1S/C71H44N4OS/c1-3-14-43(15-4-1)45-26-30-48(31-27-45)56-41-59-64(42-62(56)75-60-36-34-47-18-9-10-21-53(47)67(60)58-38-50-19-7-8-20-51(50)40-61(58)75)76-63-24-13-23-55(68(59)63)71-73-69(49-32-28-46(29-33-49)44-16-5-2-6-17-44)72-70(74-71)52-35-37-66-57(39-52)54-22-11-12-25-65(54)77-66/h1-6,8-18,20-42H,7,19H2. The number of thiophene rings is 1. The van der Waals surface area contributed by atoms with Gasteiger partial charge in [-0.05, 0) is 117 Å². The second kappa shape index (κ2) is 17.4. The van der Waals surface area contributed by atoms with E-state index in [1.165, 1.54) is 58.4 Å². The summed E-state index contributed by atoms with van der Waals surface area (Å²) >= 11 is 1.81. The van der Waals surface area contributed by atoms with Crippen LogP contribution in [-0.2, 0) is 6.42 Å². The summed E-state index contributed by atoms with van der Waals surface area (Å²) in [7, 11) is 0. The van der Waals surface area contributed by atoms with Crippen molar-refractivity contribution in [3.63, 3.8) is 0 Å². The molecule has 16 rings (SSSR count). The first kappa shape index (κ1) is 43.6. The van der Waals surface area contributed by atoms with Crippen LogP contribution in [0, 0.1) is 0 Å². The van der Waals surface area contributed by atoms with Gasteiger partial charge in [-0.15, -0.1) is 11.3 Å². The van der Waals surface area contributed by atoms with Gasteiger partial charge in [0.25, 0.3) is 0 Å². The highest BCUT2D eigenvalue weighted by atomic mass is 32.1. The lowest BCUT2D eigenvalue weighted by Crippen LogP contribution is -2.00. The lowest BCUT2D eigenvalue weighted by Gasteiger charge is -2.16. The van der Waals surface area contributed by atoms with E-state index in [4.69, 9.17) is 19.4 Å². The smallest absolute Gasteiger partial charge is 0.164 e. The fourth-order valence-corrected chi connectivity index (χ4v) is 13.1. The molecular formula is C71H44N4OS. The minimum absolute atomic E-state index is 0.575. The van der Waals surface area contributed by atoms with Crippen molar-refractivity contribution in [3.8, 4) is 73.2 Å². The number of hydrogen-bond donors (Lipinski definition) is 0. The van der Waals surface area contributed by atoms with Gasteiger partial charge >= 0.3 is 0 Å². The van der Waals surface area contributed by atoms with Crippen LogP contribution in [0.1, 0.15) is 17.5 Å². The van der Waals surface area contributed by atoms with Crippen molar-refractivity contribution < 1.29 is 4.42 Å². The van der Waals surface area contributed by atoms with Crippen LogP contribution < -0.4 is 0 Å². The van der Waals surface area contributed by atoms with E-state index in [2.05, 4.69) is 241 Å². The number of rotatable bonds is 7. The molecule has 0 bridgehead atoms. The van der Waals surface area contributed by atoms with Crippen LogP contribution in [0.2, 0.25) is 0 Å². The number of hydrogen-bond acceptors (Lipinski definition) is 5. The van der Waals surface area contributed by atoms with Crippen LogP contribution in [0.4, 0.5) is 0 Å². The quantitative estimate of drug-likeness (QED) is 0.160. The van der Waals surface area contributed by atoms with Gasteiger partial charge in [0.1, 0.15) is 11.2 Å². The zero-order chi connectivity index (χ0) is 50.6. The Labute approximate surface area is 447 Å². The predicted molar refractivity (Wildman–Crippen MR) is 322 cm³/mol. The molecule has 1 aliphatic carbocycles. The fraction of sp³-hybridized carbons (Fsp3) is 0.0282. The summed E-state index contributed by atoms with van der Waals surface area (Å²) in [6.07, 6.45) is 6.67. The molecule has 0 radical (unpaired) electrons. The number of aryl methyl sites for hydroxylation is 1. The first-order valence-electron chi connectivity index (χ1n) is 26.3. The maximum atomic E-state index is 7.08. The summed E-state index contributed by atoms with van der Waals surface area (Å²) in [5, 5.41) is 9.33. The summed E-state index contributed by atoms with van der Waals surface area (Å²) in [5.41, 5.74) is 17.1. The Morgan fingerprint density at radius 3 is 1.83 bits per heavy atom. The van der Waals surface area contributed by atoms with E-state index in [0.717, 1.165) is 96.0 Å². The zero-order valence-electron chi connectivity index (χ0n) is 41.6. The molecule has 0 fully saturated rings. The van der Waals surface area contributed by atoms with Gasteiger partial charge in [-0.1, -0.05) is 182 Å². The Hall–Kier alpha value is -9.75. The molecule has 77 heavy (non-hydrogen) atoms. The highest BCUT2D eigenvalue weighted by Crippen LogP contribution is 2.46. The van der Waals surface area contributed by atoms with E-state index in [0.29, 0.717) is 17.5 Å². The number of furan rings is 1. The zero-order valence-corrected chi connectivity index (χ0v) is 42.4. The SMILES string of the molecule is C1=Cc2cc3c(cc2CC1)c1c2ccccc2ccc1n3-c1cc2oc3cccc(-c4nc(-c5ccc(-c6ccccc6)cc5)nc(-c5ccc6sc7ccccc7c6c5)n4)c3c2cc1-c1ccc(-c2ccccc2)cc1. The molecule has 0 saturated heterocycles. The van der Waals surface area contributed by atoms with E-state index < -0.39 is 0 Å². The van der Waals surface area contributed by atoms with Gasteiger partial charge in [-0.3, -0.25) is 0 Å². The number of nitrogens with zero attached hydrogens (tertiary/aromatic N) is 4.